The summed E-state index contributed by atoms with van der Waals surface area (Å²) in [6.45, 7) is 0. The Morgan fingerprint density at radius 2 is 1.90 bits per heavy atom. The Kier molecular flexibility index (Phi) is 3.57. The average molecular weight is 348 g/mol. The molecule has 0 saturated carbocycles. The lowest BCUT2D eigenvalue weighted by Gasteiger charge is -1.98. The van der Waals surface area contributed by atoms with Gasteiger partial charge in [-0.3, -0.25) is 14.9 Å². The van der Waals surface area contributed by atoms with Crippen molar-refractivity contribution in [3.8, 4) is 0 Å². The lowest BCUT2D eigenvalue weighted by molar-refractivity contribution is -0.384. The fraction of sp³-hybridized carbons (Fsp3) is 0.133. The van der Waals surface area contributed by atoms with E-state index in [-0.39, 0.29) is 11.5 Å². The van der Waals surface area contributed by atoms with E-state index in [0.717, 1.165) is 4.47 Å². The molecule has 1 aliphatic heterocycles. The summed E-state index contributed by atoms with van der Waals surface area (Å²) in [7, 11) is 0. The highest BCUT2D eigenvalue weighted by Crippen LogP contribution is 2.41. The molecular weight excluding hydrogens is 338 g/mol. The van der Waals surface area contributed by atoms with Gasteiger partial charge in [0, 0.05) is 22.2 Å². The van der Waals surface area contributed by atoms with Gasteiger partial charge in [0.15, 0.2) is 11.9 Å². The molecule has 1 fully saturated rings. The van der Waals surface area contributed by atoms with Gasteiger partial charge < -0.3 is 4.74 Å². The fourth-order valence-corrected chi connectivity index (χ4v) is 2.42. The zero-order valence-corrected chi connectivity index (χ0v) is 12.3. The number of ether oxygens (including phenoxy) is 1. The van der Waals surface area contributed by atoms with Crippen LogP contribution in [0.2, 0.25) is 0 Å². The molecule has 0 bridgehead atoms. The summed E-state index contributed by atoms with van der Waals surface area (Å²) in [5, 5.41) is 10.8. The molecule has 0 aliphatic carbocycles. The Hall–Kier alpha value is -2.05. The van der Waals surface area contributed by atoms with Gasteiger partial charge in [-0.15, -0.1) is 0 Å². The Morgan fingerprint density at radius 1 is 1.19 bits per heavy atom. The van der Waals surface area contributed by atoms with Gasteiger partial charge >= 0.3 is 0 Å². The molecule has 3 rings (SSSR count). The molecule has 0 unspecified atom stereocenters. The second-order valence-electron chi connectivity index (χ2n) is 4.70. The van der Waals surface area contributed by atoms with E-state index in [1.54, 1.807) is 36.4 Å². The van der Waals surface area contributed by atoms with Crippen LogP contribution in [0.1, 0.15) is 22.0 Å². The van der Waals surface area contributed by atoms with Crippen molar-refractivity contribution in [1.82, 2.24) is 0 Å². The number of benzene rings is 2. The molecule has 0 radical (unpaired) electrons. The number of halogens is 1. The van der Waals surface area contributed by atoms with Crippen molar-refractivity contribution in [2.45, 2.75) is 12.2 Å². The molecule has 5 nitrogen and oxygen atoms in total. The van der Waals surface area contributed by atoms with Crippen LogP contribution in [0, 0.1) is 10.1 Å². The highest BCUT2D eigenvalue weighted by Gasteiger charge is 2.46. The van der Waals surface area contributed by atoms with Crippen LogP contribution in [-0.2, 0) is 4.74 Å². The van der Waals surface area contributed by atoms with Crippen molar-refractivity contribution < 1.29 is 14.5 Å². The monoisotopic (exact) mass is 347 g/mol. The summed E-state index contributed by atoms with van der Waals surface area (Å²) in [6.07, 6.45) is -0.964. The number of non-ortho nitro benzene ring substituents is 1. The second-order valence-corrected chi connectivity index (χ2v) is 5.62. The SMILES string of the molecule is O=C(c1ccc(Br)cc1)[C@H]1O[C@@H]1c1cccc([N+](=O)[O-])c1. The highest BCUT2D eigenvalue weighted by molar-refractivity contribution is 9.10. The van der Waals surface area contributed by atoms with Gasteiger partial charge in [-0.2, -0.15) is 0 Å². The fourth-order valence-electron chi connectivity index (χ4n) is 2.16. The number of nitro groups is 1. The number of rotatable bonds is 4. The van der Waals surface area contributed by atoms with E-state index in [0.29, 0.717) is 11.1 Å². The van der Waals surface area contributed by atoms with Crippen LogP contribution < -0.4 is 0 Å². The molecule has 0 aromatic heterocycles. The molecule has 0 N–H and O–H groups in total. The van der Waals surface area contributed by atoms with Crippen molar-refractivity contribution in [1.29, 1.82) is 0 Å². The first-order valence-corrected chi connectivity index (χ1v) is 7.05. The van der Waals surface area contributed by atoms with E-state index in [9.17, 15) is 14.9 Å². The standard InChI is InChI=1S/C15H10BrNO4/c16-11-6-4-9(5-7-11)13(18)15-14(21-15)10-2-1-3-12(8-10)17(19)20/h1-8,14-15H/t14-,15-/m1/s1. The smallest absolute Gasteiger partial charge is 0.269 e. The van der Waals surface area contributed by atoms with Gasteiger partial charge in [0.2, 0.25) is 0 Å². The number of hydrogen-bond acceptors (Lipinski definition) is 4. The van der Waals surface area contributed by atoms with Crippen molar-refractivity contribution in [3.05, 3.63) is 74.2 Å². The van der Waals surface area contributed by atoms with Gasteiger partial charge in [0.05, 0.1) is 4.92 Å². The number of epoxide rings is 1. The summed E-state index contributed by atoms with van der Waals surface area (Å²) in [5.74, 6) is -0.112. The highest BCUT2D eigenvalue weighted by atomic mass is 79.9. The van der Waals surface area contributed by atoms with E-state index < -0.39 is 17.1 Å². The molecule has 1 aliphatic rings. The Morgan fingerprint density at radius 3 is 2.57 bits per heavy atom. The summed E-state index contributed by atoms with van der Waals surface area (Å²) < 4.78 is 6.29. The quantitative estimate of drug-likeness (QED) is 0.366. The van der Waals surface area contributed by atoms with Gasteiger partial charge in [0.1, 0.15) is 6.10 Å². The topological polar surface area (TPSA) is 72.7 Å². The summed E-state index contributed by atoms with van der Waals surface area (Å²) in [4.78, 5) is 22.5. The van der Waals surface area contributed by atoms with Gasteiger partial charge in [-0.05, 0) is 17.7 Å². The van der Waals surface area contributed by atoms with Crippen molar-refractivity contribution in [2.75, 3.05) is 0 Å². The van der Waals surface area contributed by atoms with E-state index in [1.165, 1.54) is 12.1 Å². The third kappa shape index (κ3) is 2.86. The number of carbonyl (C=O) groups excluding carboxylic acids is 1. The first kappa shape index (κ1) is 13.9. The van der Waals surface area contributed by atoms with Crippen LogP contribution in [0.15, 0.2) is 53.0 Å². The molecule has 1 heterocycles. The van der Waals surface area contributed by atoms with E-state index in [4.69, 9.17) is 4.74 Å². The predicted molar refractivity (Wildman–Crippen MR) is 79.2 cm³/mol. The number of nitrogens with zero attached hydrogens (tertiary/aromatic N) is 1. The normalized spacial score (nSPS) is 20.0. The molecule has 6 heteroatoms. The molecular formula is C15H10BrNO4. The second kappa shape index (κ2) is 5.38. The van der Waals surface area contributed by atoms with Gasteiger partial charge in [-0.25, -0.2) is 0 Å². The molecule has 1 saturated heterocycles. The maximum absolute atomic E-state index is 12.2. The summed E-state index contributed by atoms with van der Waals surface area (Å²) in [5.41, 5.74) is 1.22. The van der Waals surface area contributed by atoms with Crippen molar-refractivity contribution >= 4 is 27.4 Å². The lowest BCUT2D eigenvalue weighted by Crippen LogP contribution is -2.08. The average Bonchev–Trinajstić information content (AvgIpc) is 3.28. The number of ketones is 1. The zero-order valence-electron chi connectivity index (χ0n) is 10.7. The molecule has 2 aromatic rings. The maximum Gasteiger partial charge on any atom is 0.269 e. The van der Waals surface area contributed by atoms with Crippen LogP contribution in [0.4, 0.5) is 5.69 Å². The van der Waals surface area contributed by atoms with Crippen LogP contribution >= 0.6 is 15.9 Å². The van der Waals surface area contributed by atoms with E-state index >= 15 is 0 Å². The Balaban J connectivity index is 1.77. The van der Waals surface area contributed by atoms with E-state index in [2.05, 4.69) is 15.9 Å². The number of Topliss-reactive ketones (excluding diaryl/α,β-unsaturated/α-hetero) is 1. The molecule has 0 amide bonds. The van der Waals surface area contributed by atoms with Crippen LogP contribution in [-0.4, -0.2) is 16.8 Å². The summed E-state index contributed by atoms with van der Waals surface area (Å²) >= 11 is 3.31. The summed E-state index contributed by atoms with van der Waals surface area (Å²) in [6, 6.07) is 13.2. The zero-order chi connectivity index (χ0) is 15.0. The lowest BCUT2D eigenvalue weighted by atomic mass is 10.0. The number of carbonyl (C=O) groups is 1. The molecule has 2 atom stereocenters. The van der Waals surface area contributed by atoms with Crippen LogP contribution in [0.25, 0.3) is 0 Å². The minimum Gasteiger partial charge on any atom is -0.356 e. The van der Waals surface area contributed by atoms with E-state index in [1.807, 2.05) is 0 Å². The molecule has 2 aromatic carbocycles. The van der Waals surface area contributed by atoms with Gasteiger partial charge in [-0.1, -0.05) is 40.2 Å². The Bertz CT molecular complexity index is 714. The Labute approximate surface area is 128 Å². The van der Waals surface area contributed by atoms with Crippen LogP contribution in [0.5, 0.6) is 0 Å². The van der Waals surface area contributed by atoms with Crippen molar-refractivity contribution in [2.24, 2.45) is 0 Å². The molecule has 21 heavy (non-hydrogen) atoms. The first-order valence-electron chi connectivity index (χ1n) is 6.26. The van der Waals surface area contributed by atoms with Crippen molar-refractivity contribution in [3.63, 3.8) is 0 Å². The maximum atomic E-state index is 12.2. The predicted octanol–water partition coefficient (Wildman–Crippen LogP) is 3.68. The third-order valence-corrected chi connectivity index (χ3v) is 3.82. The minimum atomic E-state index is -0.562. The third-order valence-electron chi connectivity index (χ3n) is 3.29. The minimum absolute atomic E-state index is 0.00200. The first-order chi connectivity index (χ1) is 10.1. The molecule has 106 valence electrons. The molecule has 0 spiro atoms. The largest absolute Gasteiger partial charge is 0.356 e. The van der Waals surface area contributed by atoms with Crippen LogP contribution in [0.3, 0.4) is 0 Å². The number of hydrogen-bond donors (Lipinski definition) is 0. The number of nitro benzene ring substituents is 1. The van der Waals surface area contributed by atoms with Gasteiger partial charge in [0.25, 0.3) is 5.69 Å².